The maximum Gasteiger partial charge on any atom is 0.289 e. The summed E-state index contributed by atoms with van der Waals surface area (Å²) < 4.78 is 12.6. The van der Waals surface area contributed by atoms with Crippen molar-refractivity contribution in [3.63, 3.8) is 0 Å². The van der Waals surface area contributed by atoms with Gasteiger partial charge in [0.15, 0.2) is 5.76 Å². The third kappa shape index (κ3) is 3.92. The van der Waals surface area contributed by atoms with Crippen LogP contribution in [0, 0.1) is 0 Å². The van der Waals surface area contributed by atoms with Crippen molar-refractivity contribution < 1.29 is 13.9 Å². The molecule has 2 aromatic rings. The fourth-order valence-electron chi connectivity index (χ4n) is 4.26. The second-order valence-electron chi connectivity index (χ2n) is 7.78. The molecule has 28 heavy (non-hydrogen) atoms. The van der Waals surface area contributed by atoms with Gasteiger partial charge in [0.1, 0.15) is 11.6 Å². The molecule has 2 aromatic heterocycles. The molecule has 1 atom stereocenters. The van der Waals surface area contributed by atoms with E-state index in [0.717, 1.165) is 50.7 Å². The first-order valence-corrected chi connectivity index (χ1v) is 10.2. The molecule has 0 saturated carbocycles. The minimum atomic E-state index is -0.0938. The summed E-state index contributed by atoms with van der Waals surface area (Å²) in [7, 11) is 3.58. The minimum Gasteiger partial charge on any atom is -0.468 e. The van der Waals surface area contributed by atoms with E-state index in [1.165, 1.54) is 26.4 Å². The monoisotopic (exact) mass is 387 g/mol. The van der Waals surface area contributed by atoms with Crippen LogP contribution in [-0.4, -0.2) is 63.8 Å². The summed E-state index contributed by atoms with van der Waals surface area (Å²) in [5.74, 6) is 2.76. The summed E-state index contributed by atoms with van der Waals surface area (Å²) in [6.45, 7) is 4.50. The van der Waals surface area contributed by atoms with E-state index >= 15 is 0 Å². The summed E-state index contributed by atoms with van der Waals surface area (Å²) in [5.41, 5.74) is 0. The lowest BCUT2D eigenvalue weighted by molar-refractivity contribution is 0.0665. The van der Waals surface area contributed by atoms with Gasteiger partial charge >= 0.3 is 0 Å². The zero-order chi connectivity index (χ0) is 19.5. The number of amides is 1. The van der Waals surface area contributed by atoms with Crippen molar-refractivity contribution in [3.8, 4) is 5.95 Å². The number of methoxy groups -OCH3 is 1. The molecule has 2 aliphatic rings. The number of likely N-dealkylation sites (tertiary alicyclic amines) is 2. The molecule has 0 aromatic carbocycles. The molecule has 0 unspecified atom stereocenters. The number of carbonyl (C=O) groups is 1. The van der Waals surface area contributed by atoms with E-state index in [0.29, 0.717) is 18.3 Å². The quantitative estimate of drug-likeness (QED) is 0.784. The Bertz CT molecular complexity index is 809. The number of hydrogen-bond donors (Lipinski definition) is 0. The van der Waals surface area contributed by atoms with E-state index in [4.69, 9.17) is 9.15 Å². The number of carbonyl (C=O) groups excluding carboxylic acids is 1. The topological polar surface area (TPSA) is 76.6 Å². The molecule has 2 fully saturated rings. The zero-order valence-electron chi connectivity index (χ0n) is 16.8. The predicted molar refractivity (Wildman–Crippen MR) is 103 cm³/mol. The largest absolute Gasteiger partial charge is 0.468 e. The third-order valence-electron chi connectivity index (χ3n) is 5.88. The molecule has 152 valence electrons. The lowest BCUT2D eigenvalue weighted by atomic mass is 9.97. The van der Waals surface area contributed by atoms with Crippen LogP contribution in [0.2, 0.25) is 0 Å². The van der Waals surface area contributed by atoms with Crippen LogP contribution in [-0.2, 0) is 13.6 Å². The van der Waals surface area contributed by atoms with Crippen molar-refractivity contribution in [2.45, 2.75) is 44.6 Å². The number of hydrogen-bond acceptors (Lipinski definition) is 6. The Morgan fingerprint density at radius 2 is 2.00 bits per heavy atom. The van der Waals surface area contributed by atoms with E-state index in [1.54, 1.807) is 12.1 Å². The molecule has 0 radical (unpaired) electrons. The summed E-state index contributed by atoms with van der Waals surface area (Å²) in [6.07, 6.45) is 5.82. The van der Waals surface area contributed by atoms with Gasteiger partial charge in [-0.2, -0.15) is 0 Å². The summed E-state index contributed by atoms with van der Waals surface area (Å²) >= 11 is 0. The van der Waals surface area contributed by atoms with Crippen LogP contribution in [0.25, 0.3) is 0 Å². The second kappa shape index (κ2) is 8.34. The third-order valence-corrected chi connectivity index (χ3v) is 5.88. The van der Waals surface area contributed by atoms with Crippen LogP contribution in [0.4, 0.5) is 0 Å². The second-order valence-corrected chi connectivity index (χ2v) is 7.78. The van der Waals surface area contributed by atoms with Gasteiger partial charge < -0.3 is 18.6 Å². The highest BCUT2D eigenvalue weighted by atomic mass is 16.6. The van der Waals surface area contributed by atoms with Crippen molar-refractivity contribution in [2.24, 2.45) is 7.05 Å². The maximum atomic E-state index is 12.8. The van der Waals surface area contributed by atoms with Crippen LogP contribution >= 0.6 is 0 Å². The molecule has 2 saturated heterocycles. The Morgan fingerprint density at radius 3 is 2.75 bits per heavy atom. The number of aromatic nitrogens is 3. The SMILES string of the molecule is COc1ccc(C(=O)N2CCC[C@H](c3nnc(CN4CCCCC4)n3C)C2)o1. The summed E-state index contributed by atoms with van der Waals surface area (Å²) in [5, 5.41) is 8.95. The fourth-order valence-corrected chi connectivity index (χ4v) is 4.26. The van der Waals surface area contributed by atoms with Crippen molar-refractivity contribution in [3.05, 3.63) is 29.5 Å². The Labute approximate surface area is 165 Å². The normalized spacial score (nSPS) is 21.1. The van der Waals surface area contributed by atoms with Crippen LogP contribution in [0.1, 0.15) is 60.2 Å². The summed E-state index contributed by atoms with van der Waals surface area (Å²) in [4.78, 5) is 17.1. The first-order valence-electron chi connectivity index (χ1n) is 10.2. The van der Waals surface area contributed by atoms with Gasteiger partial charge in [0.2, 0.25) is 0 Å². The molecular formula is C20H29N5O3. The van der Waals surface area contributed by atoms with Gasteiger partial charge in [-0.3, -0.25) is 9.69 Å². The lowest BCUT2D eigenvalue weighted by Crippen LogP contribution is -2.39. The van der Waals surface area contributed by atoms with E-state index < -0.39 is 0 Å². The molecule has 8 heteroatoms. The Balaban J connectivity index is 1.43. The van der Waals surface area contributed by atoms with Crippen molar-refractivity contribution in [2.75, 3.05) is 33.3 Å². The average molecular weight is 387 g/mol. The van der Waals surface area contributed by atoms with Gasteiger partial charge in [-0.05, 0) is 44.8 Å². The predicted octanol–water partition coefficient (Wildman–Crippen LogP) is 2.42. The Kier molecular flexibility index (Phi) is 5.66. The zero-order valence-corrected chi connectivity index (χ0v) is 16.8. The van der Waals surface area contributed by atoms with Crippen LogP contribution in [0.5, 0.6) is 5.95 Å². The Morgan fingerprint density at radius 1 is 1.18 bits per heavy atom. The number of nitrogens with zero attached hydrogens (tertiary/aromatic N) is 5. The highest BCUT2D eigenvalue weighted by Crippen LogP contribution is 2.28. The maximum absolute atomic E-state index is 12.8. The number of furan rings is 1. The molecule has 0 N–H and O–H groups in total. The number of rotatable bonds is 5. The highest BCUT2D eigenvalue weighted by Gasteiger charge is 2.30. The first kappa shape index (κ1) is 19.0. The number of piperidine rings is 2. The smallest absolute Gasteiger partial charge is 0.289 e. The molecule has 4 rings (SSSR count). The first-order chi connectivity index (χ1) is 13.7. The molecule has 0 bridgehead atoms. The Hall–Kier alpha value is -2.35. The highest BCUT2D eigenvalue weighted by molar-refractivity contribution is 5.91. The standard InChI is InChI=1S/C20H29N5O3/c1-23-17(14-24-10-4-3-5-11-24)21-22-19(23)15-7-6-12-25(13-15)20(26)16-8-9-18(27-2)28-16/h8-9,15H,3-7,10-14H2,1-2H3/t15-/m0/s1. The van der Waals surface area contributed by atoms with Crippen molar-refractivity contribution in [1.29, 1.82) is 0 Å². The van der Waals surface area contributed by atoms with Gasteiger partial charge in [0.25, 0.3) is 11.9 Å². The molecule has 4 heterocycles. The molecule has 1 amide bonds. The van der Waals surface area contributed by atoms with E-state index in [1.807, 2.05) is 11.9 Å². The van der Waals surface area contributed by atoms with Gasteiger partial charge in [0, 0.05) is 32.1 Å². The average Bonchev–Trinajstić information content (AvgIpc) is 3.36. The van der Waals surface area contributed by atoms with Gasteiger partial charge in [-0.15, -0.1) is 10.2 Å². The van der Waals surface area contributed by atoms with Crippen molar-refractivity contribution in [1.82, 2.24) is 24.6 Å². The van der Waals surface area contributed by atoms with Crippen LogP contribution < -0.4 is 4.74 Å². The minimum absolute atomic E-state index is 0.0938. The lowest BCUT2D eigenvalue weighted by Gasteiger charge is -2.31. The molecule has 0 spiro atoms. The number of ether oxygens (including phenoxy) is 1. The van der Waals surface area contributed by atoms with Crippen molar-refractivity contribution >= 4 is 5.91 Å². The molecular weight excluding hydrogens is 358 g/mol. The van der Waals surface area contributed by atoms with E-state index in [9.17, 15) is 4.79 Å². The molecule has 8 nitrogen and oxygen atoms in total. The van der Waals surface area contributed by atoms with Gasteiger partial charge in [-0.1, -0.05) is 6.42 Å². The summed E-state index contributed by atoms with van der Waals surface area (Å²) in [6, 6.07) is 3.34. The molecule has 0 aliphatic carbocycles. The fraction of sp³-hybridized carbons (Fsp3) is 0.650. The van der Waals surface area contributed by atoms with E-state index in [2.05, 4.69) is 19.7 Å². The van der Waals surface area contributed by atoms with Gasteiger partial charge in [0.05, 0.1) is 13.7 Å². The van der Waals surface area contributed by atoms with E-state index in [-0.39, 0.29) is 11.8 Å². The van der Waals surface area contributed by atoms with Crippen LogP contribution in [0.15, 0.2) is 16.5 Å². The van der Waals surface area contributed by atoms with Crippen LogP contribution in [0.3, 0.4) is 0 Å². The molecule has 2 aliphatic heterocycles. The van der Waals surface area contributed by atoms with Gasteiger partial charge in [-0.25, -0.2) is 0 Å².